The summed E-state index contributed by atoms with van der Waals surface area (Å²) in [6.07, 6.45) is 0. The van der Waals surface area contributed by atoms with Gasteiger partial charge in [0.2, 0.25) is 5.91 Å². The fraction of sp³-hybridized carbons (Fsp3) is 0.296. The van der Waals surface area contributed by atoms with Crippen molar-refractivity contribution < 1.29 is 17.9 Å². The molecule has 0 aliphatic carbocycles. The van der Waals surface area contributed by atoms with Crippen molar-refractivity contribution in [2.75, 3.05) is 24.0 Å². The van der Waals surface area contributed by atoms with E-state index in [2.05, 4.69) is 25.2 Å². The van der Waals surface area contributed by atoms with Crippen LogP contribution in [0.1, 0.15) is 36.5 Å². The molecule has 0 saturated heterocycles. The van der Waals surface area contributed by atoms with Gasteiger partial charge in [0.15, 0.2) is 0 Å². The van der Waals surface area contributed by atoms with Crippen LogP contribution in [0.3, 0.4) is 0 Å². The Kier molecular flexibility index (Phi) is 8.34. The topological polar surface area (TPSA) is 75.7 Å². The van der Waals surface area contributed by atoms with Crippen molar-refractivity contribution in [1.29, 1.82) is 0 Å². The molecular weight excluding hydrogens is 448 g/mol. The molecule has 6 nitrogen and oxygen atoms in total. The predicted octanol–water partition coefficient (Wildman–Crippen LogP) is 4.82. The molecule has 0 fully saturated rings. The number of carbonyl (C=O) groups excluding carboxylic acids is 1. The van der Waals surface area contributed by atoms with Gasteiger partial charge in [-0.3, -0.25) is 9.10 Å². The predicted molar refractivity (Wildman–Crippen MR) is 136 cm³/mol. The number of ether oxygens (including phenoxy) is 1. The highest BCUT2D eigenvalue weighted by molar-refractivity contribution is 7.92. The Morgan fingerprint density at radius 3 is 2.15 bits per heavy atom. The molecule has 0 aliphatic heterocycles. The molecular formula is C27H32N2O4S. The Bertz CT molecular complexity index is 1190. The van der Waals surface area contributed by atoms with Gasteiger partial charge in [-0.25, -0.2) is 8.42 Å². The molecule has 0 aliphatic rings. The molecule has 7 heteroatoms. The Hall–Kier alpha value is -3.32. The van der Waals surface area contributed by atoms with E-state index in [9.17, 15) is 13.2 Å². The SMILES string of the molecule is Cc1cc(C)cc(OCCNC(=O)CN(c2ccc(C(C)C)cc2)S(=O)(=O)c2ccccc2)c1. The zero-order valence-corrected chi connectivity index (χ0v) is 20.9. The second kappa shape index (κ2) is 11.2. The third kappa shape index (κ3) is 6.60. The maximum absolute atomic E-state index is 13.4. The van der Waals surface area contributed by atoms with E-state index in [1.807, 2.05) is 38.1 Å². The van der Waals surface area contributed by atoms with E-state index >= 15 is 0 Å². The quantitative estimate of drug-likeness (QED) is 0.422. The molecule has 180 valence electrons. The van der Waals surface area contributed by atoms with Crippen molar-refractivity contribution in [1.82, 2.24) is 5.32 Å². The van der Waals surface area contributed by atoms with Crippen LogP contribution >= 0.6 is 0 Å². The maximum Gasteiger partial charge on any atom is 0.264 e. The Morgan fingerprint density at radius 2 is 1.56 bits per heavy atom. The molecule has 34 heavy (non-hydrogen) atoms. The van der Waals surface area contributed by atoms with Gasteiger partial charge in [-0.15, -0.1) is 0 Å². The monoisotopic (exact) mass is 480 g/mol. The van der Waals surface area contributed by atoms with E-state index in [0.717, 1.165) is 26.7 Å². The minimum atomic E-state index is -3.92. The van der Waals surface area contributed by atoms with Crippen LogP contribution in [-0.4, -0.2) is 34.0 Å². The van der Waals surface area contributed by atoms with Crippen LogP contribution in [0.4, 0.5) is 5.69 Å². The molecule has 0 radical (unpaired) electrons. The molecule has 0 unspecified atom stereocenters. The average Bonchev–Trinajstić information content (AvgIpc) is 2.80. The number of nitrogens with one attached hydrogen (secondary N) is 1. The van der Waals surface area contributed by atoms with Crippen LogP contribution in [0.5, 0.6) is 5.75 Å². The first kappa shape index (κ1) is 25.3. The van der Waals surface area contributed by atoms with E-state index < -0.39 is 15.9 Å². The lowest BCUT2D eigenvalue weighted by Gasteiger charge is -2.24. The van der Waals surface area contributed by atoms with Crippen molar-refractivity contribution in [3.63, 3.8) is 0 Å². The smallest absolute Gasteiger partial charge is 0.264 e. The van der Waals surface area contributed by atoms with Crippen LogP contribution in [-0.2, 0) is 14.8 Å². The van der Waals surface area contributed by atoms with Crippen molar-refractivity contribution in [2.45, 2.75) is 38.5 Å². The van der Waals surface area contributed by atoms with Crippen LogP contribution in [0.25, 0.3) is 0 Å². The lowest BCUT2D eigenvalue weighted by atomic mass is 10.0. The van der Waals surface area contributed by atoms with Gasteiger partial charge >= 0.3 is 0 Å². The first-order valence-electron chi connectivity index (χ1n) is 11.3. The van der Waals surface area contributed by atoms with Crippen LogP contribution in [0.2, 0.25) is 0 Å². The number of nitrogens with zero attached hydrogens (tertiary/aromatic N) is 1. The standard InChI is InChI=1S/C27H32N2O4S/c1-20(2)23-10-12-24(13-11-23)29(34(31,32)26-8-6-5-7-9-26)19-27(30)28-14-15-33-25-17-21(3)16-22(4)18-25/h5-13,16-18,20H,14-15,19H2,1-4H3,(H,28,30). The third-order valence-electron chi connectivity index (χ3n) is 5.35. The van der Waals surface area contributed by atoms with Crippen molar-refractivity contribution in [3.05, 3.63) is 89.5 Å². The third-order valence-corrected chi connectivity index (χ3v) is 7.14. The second-order valence-electron chi connectivity index (χ2n) is 8.59. The molecule has 0 spiro atoms. The van der Waals surface area contributed by atoms with E-state index in [4.69, 9.17) is 4.74 Å². The Labute approximate surface area is 202 Å². The van der Waals surface area contributed by atoms with Gasteiger partial charge in [0.05, 0.1) is 17.1 Å². The number of amides is 1. The summed E-state index contributed by atoms with van der Waals surface area (Å²) in [5.74, 6) is 0.649. The highest BCUT2D eigenvalue weighted by Gasteiger charge is 2.27. The number of hydrogen-bond acceptors (Lipinski definition) is 4. The van der Waals surface area contributed by atoms with E-state index in [-0.39, 0.29) is 24.6 Å². The summed E-state index contributed by atoms with van der Waals surface area (Å²) in [5, 5.41) is 2.77. The number of sulfonamides is 1. The Morgan fingerprint density at radius 1 is 0.941 bits per heavy atom. The number of rotatable bonds is 10. The van der Waals surface area contributed by atoms with Crippen molar-refractivity contribution in [2.24, 2.45) is 0 Å². The summed E-state index contributed by atoms with van der Waals surface area (Å²) in [7, 11) is -3.92. The number of carbonyl (C=O) groups is 1. The van der Waals surface area contributed by atoms with E-state index in [1.165, 1.54) is 12.1 Å². The highest BCUT2D eigenvalue weighted by atomic mass is 32.2. The molecule has 3 aromatic rings. The molecule has 1 amide bonds. The highest BCUT2D eigenvalue weighted by Crippen LogP contribution is 2.25. The number of benzene rings is 3. The molecule has 0 atom stereocenters. The van der Waals surface area contributed by atoms with Gasteiger partial charge in [0, 0.05) is 0 Å². The summed E-state index contributed by atoms with van der Waals surface area (Å²) >= 11 is 0. The molecule has 3 aromatic carbocycles. The van der Waals surface area contributed by atoms with Crippen LogP contribution < -0.4 is 14.4 Å². The molecule has 0 bridgehead atoms. The molecule has 0 heterocycles. The minimum absolute atomic E-state index is 0.133. The zero-order valence-electron chi connectivity index (χ0n) is 20.1. The number of anilines is 1. The molecule has 1 N–H and O–H groups in total. The summed E-state index contributed by atoms with van der Waals surface area (Å²) in [5.41, 5.74) is 3.73. The average molecular weight is 481 g/mol. The van der Waals surface area contributed by atoms with Crippen LogP contribution in [0.15, 0.2) is 77.7 Å². The fourth-order valence-electron chi connectivity index (χ4n) is 3.62. The molecule has 0 saturated carbocycles. The van der Waals surface area contributed by atoms with Gasteiger partial charge in [-0.2, -0.15) is 0 Å². The van der Waals surface area contributed by atoms with Gasteiger partial charge in [-0.05, 0) is 72.9 Å². The second-order valence-corrected chi connectivity index (χ2v) is 10.5. The first-order chi connectivity index (χ1) is 16.2. The Balaban J connectivity index is 1.71. The van der Waals surface area contributed by atoms with Crippen LogP contribution in [0, 0.1) is 13.8 Å². The number of aryl methyl sites for hydroxylation is 2. The summed E-state index contributed by atoms with van der Waals surface area (Å²) in [4.78, 5) is 12.9. The zero-order chi connectivity index (χ0) is 24.7. The lowest BCUT2D eigenvalue weighted by molar-refractivity contribution is -0.119. The van der Waals surface area contributed by atoms with E-state index in [1.54, 1.807) is 30.3 Å². The largest absolute Gasteiger partial charge is 0.492 e. The normalized spacial score (nSPS) is 11.3. The first-order valence-corrected chi connectivity index (χ1v) is 12.8. The van der Waals surface area contributed by atoms with Gasteiger partial charge in [0.25, 0.3) is 10.0 Å². The van der Waals surface area contributed by atoms with Gasteiger partial charge < -0.3 is 10.1 Å². The minimum Gasteiger partial charge on any atom is -0.492 e. The summed E-state index contributed by atoms with van der Waals surface area (Å²) < 4.78 is 33.7. The molecule has 3 rings (SSSR count). The molecule has 0 aromatic heterocycles. The van der Waals surface area contributed by atoms with Gasteiger partial charge in [-0.1, -0.05) is 50.2 Å². The maximum atomic E-state index is 13.4. The van der Waals surface area contributed by atoms with Gasteiger partial charge in [0.1, 0.15) is 18.9 Å². The summed E-state index contributed by atoms with van der Waals surface area (Å²) in [6, 6.07) is 21.3. The lowest BCUT2D eigenvalue weighted by Crippen LogP contribution is -2.41. The fourth-order valence-corrected chi connectivity index (χ4v) is 5.06. The van der Waals surface area contributed by atoms with Crippen molar-refractivity contribution in [3.8, 4) is 5.75 Å². The summed E-state index contributed by atoms with van der Waals surface area (Å²) in [6.45, 7) is 8.35. The van der Waals surface area contributed by atoms with E-state index in [0.29, 0.717) is 11.6 Å². The van der Waals surface area contributed by atoms with Crippen molar-refractivity contribution >= 4 is 21.6 Å². The number of hydrogen-bond donors (Lipinski definition) is 1.